The molecule has 1 aromatic heterocycles. The van der Waals surface area contributed by atoms with Crippen LogP contribution in [-0.4, -0.2) is 50.0 Å². The van der Waals surface area contributed by atoms with Gasteiger partial charge in [0.1, 0.15) is 11.5 Å². The fourth-order valence-corrected chi connectivity index (χ4v) is 3.50. The molecule has 0 atom stereocenters. The minimum Gasteiger partial charge on any atom is -0.497 e. The van der Waals surface area contributed by atoms with Gasteiger partial charge in [0.15, 0.2) is 0 Å². The zero-order valence-electron chi connectivity index (χ0n) is 18.5. The molecule has 0 spiro atoms. The van der Waals surface area contributed by atoms with Crippen LogP contribution in [0.15, 0.2) is 60.8 Å². The van der Waals surface area contributed by atoms with E-state index in [9.17, 15) is 4.79 Å². The highest BCUT2D eigenvalue weighted by atomic mass is 35.5. The third-order valence-electron chi connectivity index (χ3n) is 5.08. The minimum atomic E-state index is -0.254. The van der Waals surface area contributed by atoms with Crippen LogP contribution in [0.3, 0.4) is 0 Å². The van der Waals surface area contributed by atoms with Gasteiger partial charge in [-0.15, -0.1) is 0 Å². The topological polar surface area (TPSA) is 65.0 Å². The zero-order chi connectivity index (χ0) is 22.9. The lowest BCUT2D eigenvalue weighted by Gasteiger charge is -2.24. The number of nitrogens with one attached hydrogen (secondary N) is 1. The van der Waals surface area contributed by atoms with Gasteiger partial charge in [-0.3, -0.25) is 0 Å². The molecule has 0 unspecified atom stereocenters. The summed E-state index contributed by atoms with van der Waals surface area (Å²) in [7, 11) is 4.74. The maximum Gasteiger partial charge on any atom is 0.322 e. The highest BCUT2D eigenvalue weighted by molar-refractivity contribution is 6.31. The maximum absolute atomic E-state index is 13.1. The van der Waals surface area contributed by atoms with Gasteiger partial charge in [-0.2, -0.15) is 0 Å². The number of aromatic nitrogens is 1. The summed E-state index contributed by atoms with van der Waals surface area (Å²) < 4.78 is 17.9. The smallest absolute Gasteiger partial charge is 0.322 e. The molecule has 8 heteroatoms. The van der Waals surface area contributed by atoms with Gasteiger partial charge in [-0.25, -0.2) is 4.79 Å². The fourth-order valence-electron chi connectivity index (χ4n) is 3.30. The predicted octanol–water partition coefficient (Wildman–Crippen LogP) is 4.89. The number of amides is 2. The largest absolute Gasteiger partial charge is 0.497 e. The van der Waals surface area contributed by atoms with E-state index in [-0.39, 0.29) is 6.03 Å². The van der Waals surface area contributed by atoms with Crippen LogP contribution in [0.25, 0.3) is 0 Å². The lowest BCUT2D eigenvalue weighted by molar-refractivity contribution is 0.151. The Kier molecular flexibility index (Phi) is 8.41. The molecular formula is C24H28ClN3O4. The Morgan fingerprint density at radius 3 is 2.59 bits per heavy atom. The van der Waals surface area contributed by atoms with Crippen molar-refractivity contribution in [3.8, 4) is 11.5 Å². The lowest BCUT2D eigenvalue weighted by atomic mass is 10.2. The Morgan fingerprint density at radius 1 is 1.06 bits per heavy atom. The molecule has 7 nitrogen and oxygen atoms in total. The highest BCUT2D eigenvalue weighted by Crippen LogP contribution is 2.29. The molecule has 3 aromatic rings. The average Bonchev–Trinajstić information content (AvgIpc) is 3.24. The Hall–Kier alpha value is -3.16. The maximum atomic E-state index is 13.1. The van der Waals surface area contributed by atoms with Crippen molar-refractivity contribution < 1.29 is 19.0 Å². The van der Waals surface area contributed by atoms with Crippen LogP contribution >= 0.6 is 11.6 Å². The number of carbonyl (C=O) groups excluding carboxylic acids is 1. The van der Waals surface area contributed by atoms with Crippen molar-refractivity contribution in [2.45, 2.75) is 13.1 Å². The van der Waals surface area contributed by atoms with Crippen LogP contribution in [-0.2, 0) is 17.8 Å². The van der Waals surface area contributed by atoms with E-state index >= 15 is 0 Å². The van der Waals surface area contributed by atoms with Crippen LogP contribution in [0.1, 0.15) is 11.3 Å². The molecule has 0 saturated carbocycles. The molecule has 2 aromatic carbocycles. The molecule has 2 amide bonds. The standard InChI is InChI=1S/C24H28ClN3O4/c1-30-14-13-28(24(29)26-22-11-10-20(31-2)15-23(22)32-3)17-19-8-6-12-27(19)16-18-7-4-5-9-21(18)25/h4-12,15H,13-14,16-17H2,1-3H3,(H,26,29). The first-order chi connectivity index (χ1) is 15.5. The zero-order valence-corrected chi connectivity index (χ0v) is 19.3. The van der Waals surface area contributed by atoms with Gasteiger partial charge in [-0.05, 0) is 35.9 Å². The summed E-state index contributed by atoms with van der Waals surface area (Å²) in [5, 5.41) is 3.65. The first kappa shape index (κ1) is 23.5. The Balaban J connectivity index is 1.77. The van der Waals surface area contributed by atoms with Crippen molar-refractivity contribution >= 4 is 23.3 Å². The van der Waals surface area contributed by atoms with Gasteiger partial charge in [0.05, 0.1) is 33.1 Å². The number of nitrogens with zero attached hydrogens (tertiary/aromatic N) is 2. The number of anilines is 1. The lowest BCUT2D eigenvalue weighted by Crippen LogP contribution is -2.37. The van der Waals surface area contributed by atoms with Crippen molar-refractivity contribution in [2.75, 3.05) is 39.8 Å². The first-order valence-corrected chi connectivity index (χ1v) is 10.6. The van der Waals surface area contributed by atoms with Crippen LogP contribution in [0.5, 0.6) is 11.5 Å². The second-order valence-corrected chi connectivity index (χ2v) is 7.54. The highest BCUT2D eigenvalue weighted by Gasteiger charge is 2.18. The van der Waals surface area contributed by atoms with Crippen LogP contribution < -0.4 is 14.8 Å². The van der Waals surface area contributed by atoms with Crippen molar-refractivity contribution in [2.24, 2.45) is 0 Å². The summed E-state index contributed by atoms with van der Waals surface area (Å²) in [6.45, 7) is 1.87. The molecule has 32 heavy (non-hydrogen) atoms. The van der Waals surface area contributed by atoms with E-state index in [1.165, 1.54) is 0 Å². The number of urea groups is 1. The van der Waals surface area contributed by atoms with Gasteiger partial charge in [0.25, 0.3) is 0 Å². The van der Waals surface area contributed by atoms with E-state index in [1.807, 2.05) is 42.6 Å². The van der Waals surface area contributed by atoms with E-state index < -0.39 is 0 Å². The monoisotopic (exact) mass is 457 g/mol. The van der Waals surface area contributed by atoms with Crippen molar-refractivity contribution in [1.29, 1.82) is 0 Å². The average molecular weight is 458 g/mol. The summed E-state index contributed by atoms with van der Waals surface area (Å²) in [5.41, 5.74) is 2.56. The summed E-state index contributed by atoms with van der Waals surface area (Å²) in [6.07, 6.45) is 1.98. The number of halogens is 1. The summed E-state index contributed by atoms with van der Waals surface area (Å²) in [6, 6.07) is 16.7. The van der Waals surface area contributed by atoms with E-state index in [1.54, 1.807) is 44.4 Å². The molecule has 0 aliphatic rings. The quantitative estimate of drug-likeness (QED) is 0.471. The second-order valence-electron chi connectivity index (χ2n) is 7.13. The predicted molar refractivity (Wildman–Crippen MR) is 126 cm³/mol. The molecule has 0 saturated heterocycles. The van der Waals surface area contributed by atoms with Crippen molar-refractivity contribution in [1.82, 2.24) is 9.47 Å². The van der Waals surface area contributed by atoms with Gasteiger partial charge in [0, 0.05) is 43.2 Å². The number of rotatable bonds is 10. The number of carbonyl (C=O) groups is 1. The number of methoxy groups -OCH3 is 3. The van der Waals surface area contributed by atoms with Gasteiger partial charge < -0.3 is 29.0 Å². The summed E-state index contributed by atoms with van der Waals surface area (Å²) >= 11 is 6.33. The van der Waals surface area contributed by atoms with E-state index in [2.05, 4.69) is 9.88 Å². The molecular weight excluding hydrogens is 430 g/mol. The third kappa shape index (κ3) is 5.96. The summed E-state index contributed by atoms with van der Waals surface area (Å²) in [5.74, 6) is 1.17. The minimum absolute atomic E-state index is 0.254. The van der Waals surface area contributed by atoms with Gasteiger partial charge >= 0.3 is 6.03 Å². The number of hydrogen-bond donors (Lipinski definition) is 1. The van der Waals surface area contributed by atoms with E-state index in [0.717, 1.165) is 11.3 Å². The van der Waals surface area contributed by atoms with E-state index in [4.69, 9.17) is 25.8 Å². The molecule has 0 aliphatic heterocycles. The molecule has 0 aliphatic carbocycles. The number of benzene rings is 2. The van der Waals surface area contributed by atoms with Crippen molar-refractivity contribution in [3.63, 3.8) is 0 Å². The fraction of sp³-hybridized carbons (Fsp3) is 0.292. The molecule has 1 heterocycles. The van der Waals surface area contributed by atoms with Crippen molar-refractivity contribution in [3.05, 3.63) is 77.1 Å². The Bertz CT molecular complexity index is 1040. The number of hydrogen-bond acceptors (Lipinski definition) is 4. The van der Waals surface area contributed by atoms with Gasteiger partial charge in [0.2, 0.25) is 0 Å². The molecule has 0 fully saturated rings. The molecule has 1 N–H and O–H groups in total. The molecule has 0 radical (unpaired) electrons. The number of ether oxygens (including phenoxy) is 3. The second kappa shape index (κ2) is 11.5. The molecule has 3 rings (SSSR count). The van der Waals surface area contributed by atoms with Crippen LogP contribution in [0, 0.1) is 0 Å². The first-order valence-electron chi connectivity index (χ1n) is 10.2. The van der Waals surface area contributed by atoms with Crippen LogP contribution in [0.2, 0.25) is 5.02 Å². The SMILES string of the molecule is COCCN(Cc1cccn1Cc1ccccc1Cl)C(=O)Nc1ccc(OC)cc1OC. The van der Waals surface area contributed by atoms with Gasteiger partial charge in [-0.1, -0.05) is 29.8 Å². The summed E-state index contributed by atoms with van der Waals surface area (Å²) in [4.78, 5) is 14.8. The van der Waals surface area contributed by atoms with E-state index in [0.29, 0.717) is 48.5 Å². The van der Waals surface area contributed by atoms with Crippen LogP contribution in [0.4, 0.5) is 10.5 Å². The normalized spacial score (nSPS) is 10.6. The molecule has 0 bridgehead atoms. The Labute approximate surface area is 193 Å². The Morgan fingerprint density at radius 2 is 1.88 bits per heavy atom. The third-order valence-corrected chi connectivity index (χ3v) is 5.45. The molecule has 170 valence electrons.